The maximum absolute atomic E-state index is 12.4. The van der Waals surface area contributed by atoms with Gasteiger partial charge in [-0.05, 0) is 42.7 Å². The fourth-order valence-electron chi connectivity index (χ4n) is 2.63. The molecule has 0 radical (unpaired) electrons. The Morgan fingerprint density at radius 1 is 1.00 bits per heavy atom. The highest BCUT2D eigenvalue weighted by Gasteiger charge is 2.17. The Balaban J connectivity index is 1.91. The van der Waals surface area contributed by atoms with Crippen molar-refractivity contribution in [3.63, 3.8) is 0 Å². The molecule has 0 saturated carbocycles. The zero-order valence-corrected chi connectivity index (χ0v) is 18.2. The fourth-order valence-corrected chi connectivity index (χ4v) is 4.59. The van der Waals surface area contributed by atoms with Gasteiger partial charge in [0.25, 0.3) is 0 Å². The second-order valence-corrected chi connectivity index (χ2v) is 10.2. The molecule has 2 rings (SSSR count). The number of nitrogens with one attached hydrogen (secondary N) is 3. The molecule has 0 aliphatic carbocycles. The average Bonchev–Trinajstić information content (AvgIpc) is 2.61. The predicted octanol–water partition coefficient (Wildman–Crippen LogP) is 1.66. The van der Waals surface area contributed by atoms with Gasteiger partial charge < -0.3 is 5.32 Å². The minimum Gasteiger partial charge on any atom is -0.352 e. The van der Waals surface area contributed by atoms with Crippen molar-refractivity contribution in [3.05, 3.63) is 59.2 Å². The number of carbonyl (C=O) groups excluding carboxylic acids is 1. The highest BCUT2D eigenvalue weighted by molar-refractivity contribution is 7.92. The summed E-state index contributed by atoms with van der Waals surface area (Å²) in [5.41, 5.74) is 2.44. The molecule has 0 unspecified atom stereocenters. The van der Waals surface area contributed by atoms with Crippen molar-refractivity contribution in [2.75, 3.05) is 17.5 Å². The van der Waals surface area contributed by atoms with Crippen LogP contribution in [0.3, 0.4) is 0 Å². The third-order valence-corrected chi connectivity index (χ3v) is 6.26. The van der Waals surface area contributed by atoms with E-state index in [2.05, 4.69) is 14.8 Å². The van der Waals surface area contributed by atoms with Crippen LogP contribution in [-0.2, 0) is 31.4 Å². The first-order valence-corrected chi connectivity index (χ1v) is 12.2. The standard InChI is InChI=1S/C19H25N3O5S2/c1-14-8-9-15(2)18(12-14)29(26,27)21-11-10-19(23)20-13-16-6-4-5-7-17(16)22-28(3,24)25/h4-9,12,21-22H,10-11,13H2,1-3H3,(H,20,23). The third kappa shape index (κ3) is 7.15. The predicted molar refractivity (Wildman–Crippen MR) is 112 cm³/mol. The van der Waals surface area contributed by atoms with Crippen molar-refractivity contribution < 1.29 is 21.6 Å². The molecule has 0 atom stereocenters. The first-order valence-electron chi connectivity index (χ1n) is 8.87. The van der Waals surface area contributed by atoms with Gasteiger partial charge in [0.2, 0.25) is 26.0 Å². The van der Waals surface area contributed by atoms with Gasteiger partial charge in [-0.25, -0.2) is 21.6 Å². The number of anilines is 1. The molecular formula is C19H25N3O5S2. The molecule has 1 amide bonds. The van der Waals surface area contributed by atoms with Gasteiger partial charge in [-0.1, -0.05) is 30.3 Å². The Labute approximate surface area is 171 Å². The molecule has 0 aromatic heterocycles. The second kappa shape index (κ2) is 9.38. The Kier molecular flexibility index (Phi) is 7.39. The lowest BCUT2D eigenvalue weighted by Gasteiger charge is -2.12. The fraction of sp³-hybridized carbons (Fsp3) is 0.316. The number of benzene rings is 2. The zero-order chi connectivity index (χ0) is 21.7. The lowest BCUT2D eigenvalue weighted by molar-refractivity contribution is -0.121. The average molecular weight is 440 g/mol. The molecular weight excluding hydrogens is 414 g/mol. The van der Waals surface area contributed by atoms with E-state index in [0.717, 1.165) is 11.8 Å². The molecule has 0 fully saturated rings. The van der Waals surface area contributed by atoms with Crippen LogP contribution < -0.4 is 14.8 Å². The van der Waals surface area contributed by atoms with Crippen molar-refractivity contribution in [2.24, 2.45) is 0 Å². The normalized spacial score (nSPS) is 11.8. The van der Waals surface area contributed by atoms with E-state index in [0.29, 0.717) is 16.8 Å². The summed E-state index contributed by atoms with van der Waals surface area (Å²) >= 11 is 0. The maximum Gasteiger partial charge on any atom is 0.240 e. The largest absolute Gasteiger partial charge is 0.352 e. The van der Waals surface area contributed by atoms with E-state index in [1.54, 1.807) is 43.3 Å². The van der Waals surface area contributed by atoms with Crippen LogP contribution >= 0.6 is 0 Å². The maximum atomic E-state index is 12.4. The van der Waals surface area contributed by atoms with Gasteiger partial charge in [-0.3, -0.25) is 9.52 Å². The number of carbonyl (C=O) groups is 1. The van der Waals surface area contributed by atoms with Gasteiger partial charge in [0.15, 0.2) is 0 Å². The van der Waals surface area contributed by atoms with E-state index in [-0.39, 0.29) is 30.3 Å². The van der Waals surface area contributed by atoms with E-state index in [4.69, 9.17) is 0 Å². The van der Waals surface area contributed by atoms with Crippen molar-refractivity contribution in [2.45, 2.75) is 31.7 Å². The van der Waals surface area contributed by atoms with Crippen LogP contribution in [0.5, 0.6) is 0 Å². The first kappa shape index (κ1) is 22.9. The van der Waals surface area contributed by atoms with E-state index >= 15 is 0 Å². The summed E-state index contributed by atoms with van der Waals surface area (Å²) < 4.78 is 52.5. The molecule has 0 aliphatic rings. The molecule has 0 bridgehead atoms. The number of aryl methyl sites for hydroxylation is 2. The summed E-state index contributed by atoms with van der Waals surface area (Å²) in [5, 5.41) is 2.66. The summed E-state index contributed by atoms with van der Waals surface area (Å²) in [6, 6.07) is 11.9. The molecule has 10 heteroatoms. The van der Waals surface area contributed by atoms with Crippen LogP contribution in [0.15, 0.2) is 47.4 Å². The quantitative estimate of drug-likeness (QED) is 0.549. The number of amides is 1. The van der Waals surface area contributed by atoms with Gasteiger partial charge in [0.05, 0.1) is 16.8 Å². The molecule has 0 heterocycles. The van der Waals surface area contributed by atoms with Gasteiger partial charge in [-0.15, -0.1) is 0 Å². The van der Waals surface area contributed by atoms with Crippen LogP contribution in [0.1, 0.15) is 23.1 Å². The number of sulfonamides is 2. The summed E-state index contributed by atoms with van der Waals surface area (Å²) in [6.07, 6.45) is 0.996. The molecule has 3 N–H and O–H groups in total. The van der Waals surface area contributed by atoms with E-state index < -0.39 is 20.0 Å². The molecule has 0 aliphatic heterocycles. The number of rotatable bonds is 9. The Morgan fingerprint density at radius 2 is 1.69 bits per heavy atom. The molecule has 0 saturated heterocycles. The minimum absolute atomic E-state index is 0.0498. The van der Waals surface area contributed by atoms with Crippen LogP contribution in [0.2, 0.25) is 0 Å². The molecule has 29 heavy (non-hydrogen) atoms. The van der Waals surface area contributed by atoms with E-state index in [9.17, 15) is 21.6 Å². The lowest BCUT2D eigenvalue weighted by Crippen LogP contribution is -2.31. The molecule has 2 aromatic carbocycles. The van der Waals surface area contributed by atoms with Crippen molar-refractivity contribution in [1.82, 2.24) is 10.0 Å². The smallest absolute Gasteiger partial charge is 0.240 e. The molecule has 8 nitrogen and oxygen atoms in total. The summed E-state index contributed by atoms with van der Waals surface area (Å²) in [4.78, 5) is 12.3. The second-order valence-electron chi connectivity index (χ2n) is 6.72. The summed E-state index contributed by atoms with van der Waals surface area (Å²) in [5.74, 6) is -0.358. The van der Waals surface area contributed by atoms with Crippen molar-refractivity contribution in [1.29, 1.82) is 0 Å². The SMILES string of the molecule is Cc1ccc(C)c(S(=O)(=O)NCCC(=O)NCc2ccccc2NS(C)(=O)=O)c1. The summed E-state index contributed by atoms with van der Waals surface area (Å²) in [7, 11) is -7.15. The van der Waals surface area contributed by atoms with Gasteiger partial charge in [0.1, 0.15) is 0 Å². The van der Waals surface area contributed by atoms with E-state index in [1.165, 1.54) is 0 Å². The number of hydrogen-bond acceptors (Lipinski definition) is 5. The molecule has 158 valence electrons. The van der Waals surface area contributed by atoms with Crippen LogP contribution in [0, 0.1) is 13.8 Å². The monoisotopic (exact) mass is 439 g/mol. The van der Waals surface area contributed by atoms with Gasteiger partial charge in [0, 0.05) is 19.5 Å². The number of para-hydroxylation sites is 1. The number of hydrogen-bond donors (Lipinski definition) is 3. The van der Waals surface area contributed by atoms with Crippen LogP contribution in [0.4, 0.5) is 5.69 Å². The molecule has 0 spiro atoms. The lowest BCUT2D eigenvalue weighted by atomic mass is 10.2. The Hall–Kier alpha value is -2.43. The third-order valence-electron chi connectivity index (χ3n) is 4.07. The van der Waals surface area contributed by atoms with Crippen molar-refractivity contribution >= 4 is 31.6 Å². The van der Waals surface area contributed by atoms with Crippen LogP contribution in [0.25, 0.3) is 0 Å². The summed E-state index contributed by atoms with van der Waals surface area (Å²) in [6.45, 7) is 3.58. The Morgan fingerprint density at radius 3 is 2.38 bits per heavy atom. The highest BCUT2D eigenvalue weighted by Crippen LogP contribution is 2.17. The molecule has 2 aromatic rings. The van der Waals surface area contributed by atoms with Gasteiger partial charge in [-0.2, -0.15) is 0 Å². The topological polar surface area (TPSA) is 121 Å². The first-order chi connectivity index (χ1) is 13.5. The van der Waals surface area contributed by atoms with Crippen molar-refractivity contribution in [3.8, 4) is 0 Å². The van der Waals surface area contributed by atoms with Crippen LogP contribution in [-0.4, -0.2) is 35.5 Å². The Bertz CT molecular complexity index is 1100. The highest BCUT2D eigenvalue weighted by atomic mass is 32.2. The zero-order valence-electron chi connectivity index (χ0n) is 16.5. The van der Waals surface area contributed by atoms with E-state index in [1.807, 2.05) is 13.0 Å². The van der Waals surface area contributed by atoms with Gasteiger partial charge >= 0.3 is 0 Å². The minimum atomic E-state index is -3.71.